The van der Waals surface area contributed by atoms with Gasteiger partial charge in [0.25, 0.3) is 11.8 Å². The van der Waals surface area contributed by atoms with E-state index < -0.39 is 0 Å². The van der Waals surface area contributed by atoms with E-state index in [1.165, 1.54) is 0 Å². The zero-order valence-electron chi connectivity index (χ0n) is 16.0. The van der Waals surface area contributed by atoms with Crippen LogP contribution < -0.4 is 5.32 Å². The summed E-state index contributed by atoms with van der Waals surface area (Å²) in [7, 11) is 1.75. The maximum Gasteiger partial charge on any atom is 0.290 e. The molecule has 2 amide bonds. The van der Waals surface area contributed by atoms with Crippen LogP contribution in [0.1, 0.15) is 52.4 Å². The Balaban J connectivity index is 1.61. The summed E-state index contributed by atoms with van der Waals surface area (Å²) < 4.78 is 1.70. The number of imidazole rings is 1. The number of pyridine rings is 1. The van der Waals surface area contributed by atoms with Gasteiger partial charge < -0.3 is 10.2 Å². The number of hydrogen-bond donors (Lipinski definition) is 1. The first-order valence-electron chi connectivity index (χ1n) is 9.71. The van der Waals surface area contributed by atoms with E-state index in [1.807, 2.05) is 48.5 Å². The lowest BCUT2D eigenvalue weighted by atomic mass is 10.2. The highest BCUT2D eigenvalue weighted by molar-refractivity contribution is 6.02. The van der Waals surface area contributed by atoms with Crippen molar-refractivity contribution < 1.29 is 9.59 Å². The van der Waals surface area contributed by atoms with Crippen LogP contribution in [0, 0.1) is 0 Å². The average Bonchev–Trinajstić information content (AvgIpc) is 3.36. The van der Waals surface area contributed by atoms with Crippen LogP contribution in [0.25, 0.3) is 5.52 Å². The SMILES string of the molecule is CN(Cc1ccccc1)C(=O)c1nc(C(=O)NC2CCCC2)c2ccccn12. The van der Waals surface area contributed by atoms with Crippen LogP contribution in [0.5, 0.6) is 0 Å². The molecule has 1 aliphatic carbocycles. The second-order valence-corrected chi connectivity index (χ2v) is 7.34. The Labute approximate surface area is 164 Å². The van der Waals surface area contributed by atoms with E-state index in [-0.39, 0.29) is 23.7 Å². The number of nitrogens with zero attached hydrogens (tertiary/aromatic N) is 3. The highest BCUT2D eigenvalue weighted by Gasteiger charge is 2.25. The maximum atomic E-state index is 13.1. The molecule has 6 nitrogen and oxygen atoms in total. The molecule has 0 bridgehead atoms. The van der Waals surface area contributed by atoms with E-state index in [9.17, 15) is 9.59 Å². The molecule has 0 saturated heterocycles. The highest BCUT2D eigenvalue weighted by atomic mass is 16.2. The van der Waals surface area contributed by atoms with Gasteiger partial charge >= 0.3 is 0 Å². The molecule has 1 N–H and O–H groups in total. The van der Waals surface area contributed by atoms with Crippen molar-refractivity contribution >= 4 is 17.3 Å². The van der Waals surface area contributed by atoms with Crippen molar-refractivity contribution in [2.75, 3.05) is 7.05 Å². The number of carbonyl (C=O) groups excluding carboxylic acids is 2. The topological polar surface area (TPSA) is 66.7 Å². The Morgan fingerprint density at radius 1 is 1.11 bits per heavy atom. The van der Waals surface area contributed by atoms with Gasteiger partial charge in [-0.25, -0.2) is 4.98 Å². The molecule has 0 aliphatic heterocycles. The van der Waals surface area contributed by atoms with Crippen LogP contribution in [0.2, 0.25) is 0 Å². The van der Waals surface area contributed by atoms with Crippen LogP contribution in [0.3, 0.4) is 0 Å². The molecule has 4 rings (SSSR count). The Kier molecular flexibility index (Phi) is 5.10. The fourth-order valence-corrected chi connectivity index (χ4v) is 3.78. The number of amides is 2. The van der Waals surface area contributed by atoms with Crippen molar-refractivity contribution in [1.82, 2.24) is 19.6 Å². The summed E-state index contributed by atoms with van der Waals surface area (Å²) in [5.74, 6) is -0.170. The minimum atomic E-state index is -0.218. The third-order valence-electron chi connectivity index (χ3n) is 5.25. The predicted octanol–water partition coefficient (Wildman–Crippen LogP) is 3.28. The first kappa shape index (κ1) is 18.2. The number of aromatic nitrogens is 2. The number of rotatable bonds is 5. The molecule has 0 unspecified atom stereocenters. The lowest BCUT2D eigenvalue weighted by Crippen LogP contribution is -2.33. The largest absolute Gasteiger partial charge is 0.348 e. The quantitative estimate of drug-likeness (QED) is 0.743. The third-order valence-corrected chi connectivity index (χ3v) is 5.25. The normalized spacial score (nSPS) is 14.3. The first-order chi connectivity index (χ1) is 13.6. The van der Waals surface area contributed by atoms with Crippen LogP contribution in [-0.4, -0.2) is 39.2 Å². The van der Waals surface area contributed by atoms with E-state index in [1.54, 1.807) is 22.5 Å². The second-order valence-electron chi connectivity index (χ2n) is 7.34. The van der Waals surface area contributed by atoms with Gasteiger partial charge in [-0.2, -0.15) is 0 Å². The molecule has 1 aliphatic rings. The van der Waals surface area contributed by atoms with Gasteiger partial charge in [-0.3, -0.25) is 14.0 Å². The molecule has 2 aromatic heterocycles. The second kappa shape index (κ2) is 7.84. The third kappa shape index (κ3) is 3.63. The van der Waals surface area contributed by atoms with E-state index in [4.69, 9.17) is 0 Å². The molecule has 0 radical (unpaired) electrons. The van der Waals surface area contributed by atoms with Crippen molar-refractivity contribution in [2.45, 2.75) is 38.3 Å². The van der Waals surface area contributed by atoms with E-state index in [2.05, 4.69) is 10.3 Å². The minimum Gasteiger partial charge on any atom is -0.348 e. The summed E-state index contributed by atoms with van der Waals surface area (Å²) in [5.41, 5.74) is 2.00. The predicted molar refractivity (Wildman–Crippen MR) is 107 cm³/mol. The molecule has 6 heteroatoms. The van der Waals surface area contributed by atoms with Gasteiger partial charge in [0, 0.05) is 25.8 Å². The monoisotopic (exact) mass is 376 g/mol. The Bertz CT molecular complexity index is 990. The van der Waals surface area contributed by atoms with E-state index in [0.717, 1.165) is 31.2 Å². The van der Waals surface area contributed by atoms with E-state index in [0.29, 0.717) is 17.8 Å². The van der Waals surface area contributed by atoms with Crippen molar-refractivity contribution in [2.24, 2.45) is 0 Å². The van der Waals surface area contributed by atoms with Crippen molar-refractivity contribution in [1.29, 1.82) is 0 Å². The molecule has 1 saturated carbocycles. The van der Waals surface area contributed by atoms with Gasteiger partial charge in [-0.05, 0) is 30.5 Å². The van der Waals surface area contributed by atoms with E-state index >= 15 is 0 Å². The summed E-state index contributed by atoms with van der Waals surface area (Å²) >= 11 is 0. The molecule has 144 valence electrons. The zero-order valence-corrected chi connectivity index (χ0v) is 16.0. The Hall–Kier alpha value is -3.15. The molecule has 1 fully saturated rings. The lowest BCUT2D eigenvalue weighted by molar-refractivity contribution is 0.0772. The standard InChI is InChI=1S/C22H24N4O2/c1-25(15-16-9-3-2-4-10-16)22(28)20-24-19(18-13-7-8-14-26(18)20)21(27)23-17-11-5-6-12-17/h2-4,7-10,13-14,17H,5-6,11-12,15H2,1H3,(H,23,27). The number of fused-ring (bicyclic) bond motifs is 1. The maximum absolute atomic E-state index is 13.1. The van der Waals surface area contributed by atoms with Crippen molar-refractivity contribution in [3.05, 3.63) is 71.8 Å². The molecule has 0 atom stereocenters. The Morgan fingerprint density at radius 3 is 2.57 bits per heavy atom. The molecular formula is C22H24N4O2. The molecule has 28 heavy (non-hydrogen) atoms. The molecule has 2 heterocycles. The first-order valence-corrected chi connectivity index (χ1v) is 9.71. The van der Waals surface area contributed by atoms with Crippen molar-refractivity contribution in [3.8, 4) is 0 Å². The summed E-state index contributed by atoms with van der Waals surface area (Å²) in [5, 5.41) is 3.07. The summed E-state index contributed by atoms with van der Waals surface area (Å²) in [4.78, 5) is 31.9. The molecule has 3 aromatic rings. The molecule has 1 aromatic carbocycles. The summed E-state index contributed by atoms with van der Waals surface area (Å²) in [6.07, 6.45) is 6.07. The molecule has 0 spiro atoms. The van der Waals surface area contributed by atoms with Gasteiger partial charge in [-0.1, -0.05) is 49.2 Å². The fourth-order valence-electron chi connectivity index (χ4n) is 3.78. The van der Waals surface area contributed by atoms with Gasteiger partial charge in [-0.15, -0.1) is 0 Å². The van der Waals surface area contributed by atoms with Crippen LogP contribution in [0.15, 0.2) is 54.7 Å². The minimum absolute atomic E-state index is 0.202. The van der Waals surface area contributed by atoms with Crippen molar-refractivity contribution in [3.63, 3.8) is 0 Å². The van der Waals surface area contributed by atoms with Crippen LogP contribution in [0.4, 0.5) is 0 Å². The smallest absolute Gasteiger partial charge is 0.290 e. The van der Waals surface area contributed by atoms with Gasteiger partial charge in [0.1, 0.15) is 0 Å². The highest BCUT2D eigenvalue weighted by Crippen LogP contribution is 2.20. The Morgan fingerprint density at radius 2 is 1.82 bits per heavy atom. The van der Waals surface area contributed by atoms with Crippen LogP contribution >= 0.6 is 0 Å². The zero-order chi connectivity index (χ0) is 19.5. The average molecular weight is 376 g/mol. The van der Waals surface area contributed by atoms with Gasteiger partial charge in [0.2, 0.25) is 5.82 Å². The van der Waals surface area contributed by atoms with Gasteiger partial charge in [0.05, 0.1) is 5.52 Å². The van der Waals surface area contributed by atoms with Gasteiger partial charge in [0.15, 0.2) is 5.69 Å². The molecular weight excluding hydrogens is 352 g/mol. The lowest BCUT2D eigenvalue weighted by Gasteiger charge is -2.16. The fraction of sp³-hybridized carbons (Fsp3) is 0.318. The number of hydrogen-bond acceptors (Lipinski definition) is 3. The van der Waals surface area contributed by atoms with Crippen LogP contribution in [-0.2, 0) is 6.54 Å². The number of carbonyl (C=O) groups is 2. The number of benzene rings is 1. The number of nitrogens with one attached hydrogen (secondary N) is 1. The summed E-state index contributed by atoms with van der Waals surface area (Å²) in [6, 6.07) is 15.5. The summed E-state index contributed by atoms with van der Waals surface area (Å²) in [6.45, 7) is 0.477.